The van der Waals surface area contributed by atoms with Crippen molar-refractivity contribution in [2.75, 3.05) is 14.1 Å². The number of carboxylic acids is 1. The Morgan fingerprint density at radius 2 is 1.58 bits per heavy atom. The third kappa shape index (κ3) is 15.1. The van der Waals surface area contributed by atoms with Crippen molar-refractivity contribution in [3.8, 4) is 0 Å². The number of carboxylic acid groups (broad SMARTS) is 1. The number of nitrogens with one attached hydrogen (secondary N) is 2. The predicted molar refractivity (Wildman–Crippen MR) is 219 cm³/mol. The SMILES string of the molecule is [2H]CN(C(=O)OC(C)(C)C)[C@H](C(=O)N[C@H](C(=O)N(C)[C@H](C[C@@H](OC(C)=O)c1nc(C(=O)N[C@@H](Cc2ccccc2)C[C@H](C)C(=O)O)cs1)C(C)C)[C@@H](C)CC)C(C)C. The summed E-state index contributed by atoms with van der Waals surface area (Å²) >= 11 is 1.13. The van der Waals surface area contributed by atoms with Gasteiger partial charge in [0.2, 0.25) is 11.8 Å². The summed E-state index contributed by atoms with van der Waals surface area (Å²) in [6.45, 7) is 19.0. The van der Waals surface area contributed by atoms with Crippen molar-refractivity contribution < 1.29 is 44.7 Å². The lowest BCUT2D eigenvalue weighted by molar-refractivity contribution is -0.149. The van der Waals surface area contributed by atoms with E-state index in [1.54, 1.807) is 54.0 Å². The molecule has 1 aromatic heterocycles. The molecule has 2 rings (SSSR count). The maximum atomic E-state index is 14.4. The molecule has 0 aliphatic rings. The first-order valence-electron chi connectivity index (χ1n) is 20.3. The molecule has 4 amide bonds. The standard InChI is InChI=1S/C42H65N5O9S/c1-14-26(6)34(45-37(50)35(25(4)5)47(13)41(54)56-42(9,10)11)39(51)46(12)32(24(2)3)22-33(55-28(8)48)38-44-31(23-57-38)36(49)43-30(20-27(7)40(52)53)21-29-18-16-15-17-19-29/h15-19,23-27,30,32-35H,14,20-22H2,1-13H3,(H,43,49)(H,45,50)(H,52,53)/t26-,27-,30+,32+,33+,34-,35-/m0/s1/i13D. The maximum Gasteiger partial charge on any atom is 0.410 e. The average Bonchev–Trinajstić information content (AvgIpc) is 3.63. The number of thiazole rings is 1. The van der Waals surface area contributed by atoms with Crippen LogP contribution in [0.5, 0.6) is 0 Å². The number of rotatable bonds is 20. The van der Waals surface area contributed by atoms with E-state index >= 15 is 0 Å². The maximum absolute atomic E-state index is 14.4. The van der Waals surface area contributed by atoms with Gasteiger partial charge >= 0.3 is 18.0 Å². The molecule has 0 bridgehead atoms. The van der Waals surface area contributed by atoms with E-state index in [1.807, 2.05) is 58.0 Å². The number of nitrogens with zero attached hydrogens (tertiary/aromatic N) is 3. The number of aromatic nitrogens is 1. The van der Waals surface area contributed by atoms with Gasteiger partial charge in [-0.25, -0.2) is 9.78 Å². The predicted octanol–water partition coefficient (Wildman–Crippen LogP) is 6.49. The normalized spacial score (nSPS) is 15.6. The van der Waals surface area contributed by atoms with E-state index in [2.05, 4.69) is 15.6 Å². The molecule has 0 unspecified atom stereocenters. The highest BCUT2D eigenvalue weighted by Gasteiger charge is 2.39. The van der Waals surface area contributed by atoms with Gasteiger partial charge in [-0.1, -0.05) is 85.2 Å². The lowest BCUT2D eigenvalue weighted by Crippen LogP contribution is -2.59. The van der Waals surface area contributed by atoms with Gasteiger partial charge < -0.3 is 30.1 Å². The zero-order chi connectivity index (χ0) is 44.1. The summed E-state index contributed by atoms with van der Waals surface area (Å²) in [5.41, 5.74) is 0.163. The Kier molecular flexibility index (Phi) is 18.0. The van der Waals surface area contributed by atoms with E-state index < -0.39 is 84.6 Å². The number of likely N-dealkylation sites (N-methyl/N-ethyl adjacent to an activating group) is 2. The second-order valence-corrected chi connectivity index (χ2v) is 17.4. The van der Waals surface area contributed by atoms with Crippen LogP contribution in [0.15, 0.2) is 35.7 Å². The average molecular weight is 817 g/mol. The van der Waals surface area contributed by atoms with Crippen molar-refractivity contribution in [3.05, 3.63) is 52.0 Å². The van der Waals surface area contributed by atoms with Crippen LogP contribution in [0.1, 0.15) is 124 Å². The summed E-state index contributed by atoms with van der Waals surface area (Å²) in [5, 5.41) is 17.3. The Labute approximate surface area is 343 Å². The van der Waals surface area contributed by atoms with Crippen molar-refractivity contribution >= 4 is 47.1 Å². The number of hydrogen-bond donors (Lipinski definition) is 3. The van der Waals surface area contributed by atoms with Gasteiger partial charge in [0.25, 0.3) is 5.91 Å². The van der Waals surface area contributed by atoms with Crippen LogP contribution in [-0.2, 0) is 35.1 Å². The topological polar surface area (TPSA) is 185 Å². The van der Waals surface area contributed by atoms with Gasteiger partial charge in [-0.05, 0) is 56.9 Å². The van der Waals surface area contributed by atoms with Crippen molar-refractivity contribution in [1.29, 1.82) is 0 Å². The summed E-state index contributed by atoms with van der Waals surface area (Å²) < 4.78 is 19.3. The van der Waals surface area contributed by atoms with Crippen LogP contribution in [0.4, 0.5) is 4.79 Å². The molecule has 57 heavy (non-hydrogen) atoms. The molecule has 2 aromatic rings. The lowest BCUT2D eigenvalue weighted by atomic mass is 9.92. The third-order valence-corrected chi connectivity index (χ3v) is 10.7. The van der Waals surface area contributed by atoms with Gasteiger partial charge in [-0.2, -0.15) is 0 Å². The zero-order valence-corrected chi connectivity index (χ0v) is 36.5. The molecule has 3 N–H and O–H groups in total. The molecule has 0 spiro atoms. The molecule has 0 aliphatic heterocycles. The number of esters is 1. The molecule has 0 radical (unpaired) electrons. The minimum Gasteiger partial charge on any atom is -0.481 e. The molecule has 14 nitrogen and oxygen atoms in total. The summed E-state index contributed by atoms with van der Waals surface area (Å²) in [4.78, 5) is 86.3. The van der Waals surface area contributed by atoms with Crippen molar-refractivity contribution in [3.63, 3.8) is 0 Å². The fourth-order valence-electron chi connectivity index (χ4n) is 6.46. The first kappa shape index (κ1) is 46.8. The molecular weight excluding hydrogens is 751 g/mol. The highest BCUT2D eigenvalue weighted by molar-refractivity contribution is 7.09. The molecule has 318 valence electrons. The van der Waals surface area contributed by atoms with Gasteiger partial charge in [-0.3, -0.25) is 28.9 Å². The van der Waals surface area contributed by atoms with E-state index in [9.17, 15) is 33.9 Å². The number of carbonyl (C=O) groups is 6. The number of amides is 4. The van der Waals surface area contributed by atoms with E-state index in [0.717, 1.165) is 21.8 Å². The second kappa shape index (κ2) is 21.8. The fraction of sp³-hybridized carbons (Fsp3) is 0.643. The molecule has 0 fully saturated rings. The van der Waals surface area contributed by atoms with Gasteiger partial charge in [0.15, 0.2) is 6.10 Å². The Bertz CT molecular complexity index is 1680. The summed E-state index contributed by atoms with van der Waals surface area (Å²) in [7, 11) is 1.10. The van der Waals surface area contributed by atoms with Crippen LogP contribution in [0.3, 0.4) is 0 Å². The molecule has 1 heterocycles. The molecular formula is C42H65N5O9S. The van der Waals surface area contributed by atoms with Crippen LogP contribution in [0, 0.1) is 23.7 Å². The highest BCUT2D eigenvalue weighted by Crippen LogP contribution is 2.31. The molecule has 0 aliphatic carbocycles. The zero-order valence-electron chi connectivity index (χ0n) is 36.7. The van der Waals surface area contributed by atoms with E-state index in [4.69, 9.17) is 10.8 Å². The monoisotopic (exact) mass is 816 g/mol. The van der Waals surface area contributed by atoms with Crippen molar-refractivity contribution in [2.24, 2.45) is 23.7 Å². The second-order valence-electron chi connectivity index (χ2n) is 16.5. The smallest absolute Gasteiger partial charge is 0.410 e. The summed E-state index contributed by atoms with van der Waals surface area (Å²) in [6.07, 6.45) is -0.460. The van der Waals surface area contributed by atoms with Gasteiger partial charge in [0.05, 0.1) is 5.92 Å². The molecule has 1 aromatic carbocycles. The molecule has 15 heteroatoms. The largest absolute Gasteiger partial charge is 0.481 e. The number of benzene rings is 1. The lowest BCUT2D eigenvalue weighted by Gasteiger charge is -2.38. The minimum absolute atomic E-state index is 0.0797. The Hall–Kier alpha value is -4.53. The Balaban J connectivity index is 2.39. The third-order valence-electron chi connectivity index (χ3n) is 9.77. The Morgan fingerprint density at radius 3 is 2.09 bits per heavy atom. The van der Waals surface area contributed by atoms with Crippen molar-refractivity contribution in [2.45, 2.75) is 138 Å². The summed E-state index contributed by atoms with van der Waals surface area (Å²) in [6, 6.07) is 6.33. The minimum atomic E-state index is -1.09. The number of carbonyl (C=O) groups excluding carboxylic acids is 5. The highest BCUT2D eigenvalue weighted by atomic mass is 32.1. The van der Waals surface area contributed by atoms with E-state index in [0.29, 0.717) is 17.8 Å². The number of aliphatic carboxylic acids is 1. The van der Waals surface area contributed by atoms with E-state index in [-0.39, 0.29) is 36.3 Å². The molecule has 0 saturated carbocycles. The number of hydrogen-bond acceptors (Lipinski definition) is 10. The van der Waals surface area contributed by atoms with Crippen LogP contribution < -0.4 is 10.6 Å². The van der Waals surface area contributed by atoms with Gasteiger partial charge in [0, 0.05) is 46.3 Å². The first-order valence-corrected chi connectivity index (χ1v) is 20.4. The van der Waals surface area contributed by atoms with E-state index in [1.165, 1.54) is 11.8 Å². The van der Waals surface area contributed by atoms with Crippen LogP contribution >= 0.6 is 11.3 Å². The first-order chi connectivity index (χ1) is 27.0. The van der Waals surface area contributed by atoms with Crippen LogP contribution in [0.25, 0.3) is 0 Å². The molecule has 0 saturated heterocycles. The van der Waals surface area contributed by atoms with Gasteiger partial charge in [-0.15, -0.1) is 11.3 Å². The van der Waals surface area contributed by atoms with Gasteiger partial charge in [0.1, 0.15) is 28.4 Å². The quantitative estimate of drug-likeness (QED) is 0.125. The Morgan fingerprint density at radius 1 is 0.947 bits per heavy atom. The van der Waals surface area contributed by atoms with Crippen LogP contribution in [-0.4, -0.2) is 99.5 Å². The summed E-state index contributed by atoms with van der Waals surface area (Å²) in [5.74, 6) is -4.63. The number of ether oxygens (including phenoxy) is 2. The van der Waals surface area contributed by atoms with Crippen molar-refractivity contribution in [1.82, 2.24) is 25.4 Å². The molecule has 7 atom stereocenters. The van der Waals surface area contributed by atoms with Crippen LogP contribution in [0.2, 0.25) is 0 Å². The fourth-order valence-corrected chi connectivity index (χ4v) is 7.30.